The van der Waals surface area contributed by atoms with Gasteiger partial charge in [-0.05, 0) is 48.4 Å². The van der Waals surface area contributed by atoms with Gasteiger partial charge < -0.3 is 5.11 Å². The van der Waals surface area contributed by atoms with E-state index in [4.69, 9.17) is 0 Å². The molecule has 1 amide bonds. The fraction of sp³-hybridized carbons (Fsp3) is 0.0769. The highest BCUT2D eigenvalue weighted by molar-refractivity contribution is 9.10. The van der Waals surface area contributed by atoms with E-state index in [0.29, 0.717) is 5.69 Å². The maximum absolute atomic E-state index is 13.2. The molecule has 0 radical (unpaired) electrons. The van der Waals surface area contributed by atoms with E-state index in [9.17, 15) is 14.7 Å². The number of aliphatic hydroxyl groups is 1. The molecule has 1 N–H and O–H groups in total. The van der Waals surface area contributed by atoms with Crippen molar-refractivity contribution in [1.29, 1.82) is 0 Å². The standard InChI is InChI=1S/C26H20BrNO3/c1-17-7-14-21(15-8-17)28-24(19-10-12-20(27)13-11-19)23(25(30)26(28)31)22(29)16-9-18-5-3-2-4-6-18/h2-16,24,30H,1H3. The van der Waals surface area contributed by atoms with Crippen LogP contribution in [0.2, 0.25) is 0 Å². The summed E-state index contributed by atoms with van der Waals surface area (Å²) in [6.07, 6.45) is 3.08. The zero-order valence-corrected chi connectivity index (χ0v) is 18.4. The Kier molecular flexibility index (Phi) is 5.87. The lowest BCUT2D eigenvalue weighted by molar-refractivity contribution is -0.117. The fourth-order valence-electron chi connectivity index (χ4n) is 3.61. The molecule has 0 bridgehead atoms. The van der Waals surface area contributed by atoms with Crippen LogP contribution in [0, 0.1) is 6.92 Å². The van der Waals surface area contributed by atoms with Crippen LogP contribution in [0.15, 0.2) is 101 Å². The highest BCUT2D eigenvalue weighted by Crippen LogP contribution is 2.41. The minimum absolute atomic E-state index is 0.0695. The van der Waals surface area contributed by atoms with E-state index in [2.05, 4.69) is 15.9 Å². The predicted molar refractivity (Wildman–Crippen MR) is 126 cm³/mol. The number of carbonyl (C=O) groups is 2. The molecule has 3 aromatic rings. The van der Waals surface area contributed by atoms with Crippen LogP contribution in [0.25, 0.3) is 6.08 Å². The van der Waals surface area contributed by atoms with Crippen LogP contribution in [0.4, 0.5) is 5.69 Å². The summed E-state index contributed by atoms with van der Waals surface area (Å²) in [5, 5.41) is 10.7. The number of anilines is 1. The monoisotopic (exact) mass is 473 g/mol. The van der Waals surface area contributed by atoms with Crippen molar-refractivity contribution in [2.45, 2.75) is 13.0 Å². The van der Waals surface area contributed by atoms with Crippen molar-refractivity contribution < 1.29 is 14.7 Å². The zero-order valence-electron chi connectivity index (χ0n) is 16.8. The average molecular weight is 474 g/mol. The molecule has 4 nitrogen and oxygen atoms in total. The van der Waals surface area contributed by atoms with Crippen LogP contribution in [-0.2, 0) is 9.59 Å². The van der Waals surface area contributed by atoms with E-state index in [1.807, 2.05) is 85.8 Å². The van der Waals surface area contributed by atoms with Gasteiger partial charge in [-0.2, -0.15) is 0 Å². The number of halogens is 1. The molecule has 0 saturated heterocycles. The van der Waals surface area contributed by atoms with Crippen LogP contribution in [0.1, 0.15) is 22.7 Å². The van der Waals surface area contributed by atoms with Crippen molar-refractivity contribution in [3.63, 3.8) is 0 Å². The van der Waals surface area contributed by atoms with Crippen LogP contribution in [0.3, 0.4) is 0 Å². The Bertz CT molecular complexity index is 1180. The van der Waals surface area contributed by atoms with Gasteiger partial charge in [0.2, 0.25) is 0 Å². The largest absolute Gasteiger partial charge is 0.503 e. The first-order valence-corrected chi connectivity index (χ1v) is 10.6. The summed E-state index contributed by atoms with van der Waals surface area (Å²) in [4.78, 5) is 27.7. The normalized spacial score (nSPS) is 16.4. The first-order chi connectivity index (χ1) is 15.0. The molecule has 3 aromatic carbocycles. The molecule has 1 aliphatic rings. The molecule has 5 heteroatoms. The Labute approximate surface area is 189 Å². The molecule has 1 unspecified atom stereocenters. The molecule has 154 valence electrons. The summed E-state index contributed by atoms with van der Waals surface area (Å²) in [5.74, 6) is -1.51. The predicted octanol–water partition coefficient (Wildman–Crippen LogP) is 5.94. The molecule has 0 aliphatic carbocycles. The second-order valence-electron chi connectivity index (χ2n) is 7.34. The van der Waals surface area contributed by atoms with E-state index in [1.54, 1.807) is 6.08 Å². The summed E-state index contributed by atoms with van der Waals surface area (Å²) in [6, 6.07) is 23.5. The number of allylic oxidation sites excluding steroid dienone is 1. The van der Waals surface area contributed by atoms with Gasteiger partial charge in [0.05, 0.1) is 11.6 Å². The number of nitrogens with zero attached hydrogens (tertiary/aromatic N) is 1. The summed E-state index contributed by atoms with van der Waals surface area (Å²) in [5.41, 5.74) is 3.33. The number of benzene rings is 3. The Morgan fingerprint density at radius 1 is 0.968 bits per heavy atom. The van der Waals surface area contributed by atoms with Gasteiger partial charge in [0.1, 0.15) is 0 Å². The average Bonchev–Trinajstić information content (AvgIpc) is 3.05. The topological polar surface area (TPSA) is 57.6 Å². The Morgan fingerprint density at radius 3 is 2.26 bits per heavy atom. The van der Waals surface area contributed by atoms with Gasteiger partial charge in [0.15, 0.2) is 11.5 Å². The number of amides is 1. The SMILES string of the molecule is Cc1ccc(N2C(=O)C(O)=C(C(=O)C=Cc3ccccc3)C2c2ccc(Br)cc2)cc1. The Balaban J connectivity index is 1.78. The second-order valence-corrected chi connectivity index (χ2v) is 8.25. The Hall–Kier alpha value is -3.44. The van der Waals surface area contributed by atoms with Gasteiger partial charge in [-0.1, -0.05) is 82.2 Å². The van der Waals surface area contributed by atoms with Crippen molar-refractivity contribution >= 4 is 39.4 Å². The van der Waals surface area contributed by atoms with Crippen molar-refractivity contribution in [2.24, 2.45) is 0 Å². The highest BCUT2D eigenvalue weighted by atomic mass is 79.9. The van der Waals surface area contributed by atoms with Crippen LogP contribution >= 0.6 is 15.9 Å². The third kappa shape index (κ3) is 4.23. The molecule has 0 saturated carbocycles. The molecule has 0 spiro atoms. The third-order valence-corrected chi connectivity index (χ3v) is 5.73. The summed E-state index contributed by atoms with van der Waals surface area (Å²) in [7, 11) is 0. The highest BCUT2D eigenvalue weighted by Gasteiger charge is 2.43. The number of aliphatic hydroxyl groups excluding tert-OH is 1. The van der Waals surface area contributed by atoms with Crippen molar-refractivity contribution in [3.05, 3.63) is 117 Å². The lowest BCUT2D eigenvalue weighted by Gasteiger charge is -2.27. The number of carbonyl (C=O) groups excluding carboxylic acids is 2. The van der Waals surface area contributed by atoms with E-state index >= 15 is 0 Å². The molecule has 0 fully saturated rings. The van der Waals surface area contributed by atoms with Gasteiger partial charge >= 0.3 is 0 Å². The molecular weight excluding hydrogens is 454 g/mol. The number of hydrogen-bond donors (Lipinski definition) is 1. The maximum Gasteiger partial charge on any atom is 0.294 e. The first-order valence-electron chi connectivity index (χ1n) is 9.82. The molecule has 31 heavy (non-hydrogen) atoms. The molecule has 1 aliphatic heterocycles. The third-order valence-electron chi connectivity index (χ3n) is 5.20. The van der Waals surface area contributed by atoms with Gasteiger partial charge in [0, 0.05) is 10.2 Å². The van der Waals surface area contributed by atoms with Gasteiger partial charge in [-0.3, -0.25) is 14.5 Å². The lowest BCUT2D eigenvalue weighted by Crippen LogP contribution is -2.30. The second kappa shape index (κ2) is 8.74. The fourth-order valence-corrected chi connectivity index (χ4v) is 3.88. The maximum atomic E-state index is 13.2. The summed E-state index contributed by atoms with van der Waals surface area (Å²) < 4.78 is 0.882. The first kappa shape index (κ1) is 20.8. The smallest absolute Gasteiger partial charge is 0.294 e. The van der Waals surface area contributed by atoms with Crippen LogP contribution in [0.5, 0.6) is 0 Å². The van der Waals surface area contributed by atoms with Gasteiger partial charge in [-0.25, -0.2) is 0 Å². The summed E-state index contributed by atoms with van der Waals surface area (Å²) >= 11 is 3.42. The van der Waals surface area contributed by atoms with E-state index in [1.165, 1.54) is 11.0 Å². The molecule has 4 rings (SSSR count). The van der Waals surface area contributed by atoms with Crippen molar-refractivity contribution in [3.8, 4) is 0 Å². The van der Waals surface area contributed by atoms with E-state index in [-0.39, 0.29) is 5.57 Å². The number of ketones is 1. The quantitative estimate of drug-likeness (QED) is 0.466. The van der Waals surface area contributed by atoms with Gasteiger partial charge in [0.25, 0.3) is 5.91 Å². The molecule has 0 aromatic heterocycles. The number of rotatable bonds is 5. The number of aryl methyl sites for hydroxylation is 1. The molecule has 1 atom stereocenters. The van der Waals surface area contributed by atoms with Gasteiger partial charge in [-0.15, -0.1) is 0 Å². The molecular formula is C26H20BrNO3. The van der Waals surface area contributed by atoms with E-state index in [0.717, 1.165) is 21.2 Å². The van der Waals surface area contributed by atoms with Crippen molar-refractivity contribution in [2.75, 3.05) is 4.90 Å². The number of hydrogen-bond acceptors (Lipinski definition) is 3. The van der Waals surface area contributed by atoms with Crippen LogP contribution < -0.4 is 4.90 Å². The Morgan fingerprint density at radius 2 is 1.61 bits per heavy atom. The minimum atomic E-state index is -0.726. The van der Waals surface area contributed by atoms with E-state index < -0.39 is 23.5 Å². The summed E-state index contributed by atoms with van der Waals surface area (Å²) in [6.45, 7) is 1.96. The lowest BCUT2D eigenvalue weighted by atomic mass is 9.95. The minimum Gasteiger partial charge on any atom is -0.503 e. The molecule has 1 heterocycles. The zero-order chi connectivity index (χ0) is 22.0. The van der Waals surface area contributed by atoms with Crippen molar-refractivity contribution in [1.82, 2.24) is 0 Å². The van der Waals surface area contributed by atoms with Crippen LogP contribution in [-0.4, -0.2) is 16.8 Å².